The van der Waals surface area contributed by atoms with Gasteiger partial charge in [-0.3, -0.25) is 9.69 Å². The summed E-state index contributed by atoms with van der Waals surface area (Å²) < 4.78 is 0. The van der Waals surface area contributed by atoms with Gasteiger partial charge in [-0.15, -0.1) is 10.2 Å². The number of carbonyl (C=O) groups excluding carboxylic acids is 1. The minimum absolute atomic E-state index is 0.193. The Morgan fingerprint density at radius 1 is 1.27 bits per heavy atom. The average molecular weight is 324 g/mol. The maximum atomic E-state index is 11.6. The lowest BCUT2D eigenvalue weighted by Crippen LogP contribution is -2.46. The average Bonchev–Trinajstić information content (AvgIpc) is 2.93. The van der Waals surface area contributed by atoms with Crippen molar-refractivity contribution in [2.24, 2.45) is 5.73 Å². The third-order valence-corrected chi connectivity index (χ3v) is 5.03. The number of aromatic nitrogens is 2. The zero-order chi connectivity index (χ0) is 15.7. The van der Waals surface area contributed by atoms with Crippen molar-refractivity contribution in [3.63, 3.8) is 0 Å². The third-order valence-electron chi connectivity index (χ3n) is 4.85. The van der Waals surface area contributed by atoms with Crippen molar-refractivity contribution < 1.29 is 4.79 Å². The van der Waals surface area contributed by atoms with Crippen molar-refractivity contribution in [2.45, 2.75) is 44.7 Å². The van der Waals surface area contributed by atoms with Gasteiger partial charge in [0.15, 0.2) is 11.0 Å². The molecule has 2 aliphatic rings. The Hall–Kier alpha value is -1.40. The molecular weight excluding hydrogens is 302 g/mol. The van der Waals surface area contributed by atoms with E-state index < -0.39 is 5.91 Å². The van der Waals surface area contributed by atoms with Crippen LogP contribution in [-0.4, -0.2) is 52.7 Å². The van der Waals surface area contributed by atoms with Gasteiger partial charge in [-0.05, 0) is 45.2 Å². The normalized spacial score (nSPS) is 23.9. The van der Waals surface area contributed by atoms with E-state index in [1.165, 1.54) is 25.5 Å². The number of rotatable bonds is 3. The Balaban J connectivity index is 1.70. The molecule has 0 bridgehead atoms. The number of likely N-dealkylation sites (tertiary alicyclic amines) is 1. The van der Waals surface area contributed by atoms with Crippen LogP contribution in [-0.2, 0) is 0 Å². The standard InChI is InChI=1S/C15H22ClN5O/c1-10-3-2-6-21(10)11-4-7-20(8-5-11)15-12(14(17)22)9-13(16)18-19-15/h9-11H,2-8H2,1H3,(H2,17,22). The van der Waals surface area contributed by atoms with E-state index in [1.807, 2.05) is 0 Å². The summed E-state index contributed by atoms with van der Waals surface area (Å²) in [5.41, 5.74) is 5.79. The molecule has 2 N–H and O–H groups in total. The molecule has 1 aromatic heterocycles. The Morgan fingerprint density at radius 3 is 2.59 bits per heavy atom. The topological polar surface area (TPSA) is 75.3 Å². The molecule has 2 fully saturated rings. The van der Waals surface area contributed by atoms with Crippen LogP contribution in [0.25, 0.3) is 0 Å². The summed E-state index contributed by atoms with van der Waals surface area (Å²) in [6.07, 6.45) is 4.75. The summed E-state index contributed by atoms with van der Waals surface area (Å²) in [6, 6.07) is 2.82. The molecule has 3 heterocycles. The second kappa shape index (κ2) is 6.38. The van der Waals surface area contributed by atoms with Crippen LogP contribution in [0.1, 0.15) is 43.0 Å². The quantitative estimate of drug-likeness (QED) is 0.916. The molecule has 1 aromatic rings. The molecule has 6 nitrogen and oxygen atoms in total. The van der Waals surface area contributed by atoms with Gasteiger partial charge in [-0.1, -0.05) is 11.6 Å². The highest BCUT2D eigenvalue weighted by atomic mass is 35.5. The fraction of sp³-hybridized carbons (Fsp3) is 0.667. The lowest BCUT2D eigenvalue weighted by molar-refractivity contribution is 0.1000. The number of amides is 1. The van der Waals surface area contributed by atoms with Crippen molar-refractivity contribution in [2.75, 3.05) is 24.5 Å². The van der Waals surface area contributed by atoms with Gasteiger partial charge in [0, 0.05) is 25.2 Å². The summed E-state index contributed by atoms with van der Waals surface area (Å²) in [7, 11) is 0. The monoisotopic (exact) mass is 323 g/mol. The lowest BCUT2D eigenvalue weighted by atomic mass is 10.0. The van der Waals surface area contributed by atoms with Gasteiger partial charge < -0.3 is 10.6 Å². The molecule has 0 aromatic carbocycles. The van der Waals surface area contributed by atoms with Gasteiger partial charge in [0.2, 0.25) is 0 Å². The number of halogens is 1. The van der Waals surface area contributed by atoms with Crippen molar-refractivity contribution in [3.8, 4) is 0 Å². The van der Waals surface area contributed by atoms with Gasteiger partial charge in [-0.2, -0.15) is 0 Å². The Morgan fingerprint density at radius 2 is 2.00 bits per heavy atom. The van der Waals surface area contributed by atoms with Gasteiger partial charge in [0.25, 0.3) is 5.91 Å². The van der Waals surface area contributed by atoms with Crippen LogP contribution in [0.4, 0.5) is 5.82 Å². The van der Waals surface area contributed by atoms with Gasteiger partial charge in [0.1, 0.15) is 0 Å². The third kappa shape index (κ3) is 3.03. The number of piperidine rings is 1. The highest BCUT2D eigenvalue weighted by Gasteiger charge is 2.31. The van der Waals surface area contributed by atoms with E-state index in [2.05, 4.69) is 26.9 Å². The maximum absolute atomic E-state index is 11.6. The molecule has 0 saturated carbocycles. The second-order valence-corrected chi connectivity index (χ2v) is 6.60. The van der Waals surface area contributed by atoms with Crippen LogP contribution in [0.2, 0.25) is 5.15 Å². The summed E-state index contributed by atoms with van der Waals surface area (Å²) in [5.74, 6) is 0.0481. The Labute approximate surface area is 135 Å². The highest BCUT2D eigenvalue weighted by Crippen LogP contribution is 2.28. The van der Waals surface area contributed by atoms with E-state index in [1.54, 1.807) is 0 Å². The van der Waals surface area contributed by atoms with E-state index in [0.29, 0.717) is 23.5 Å². The van der Waals surface area contributed by atoms with E-state index in [9.17, 15) is 4.79 Å². The van der Waals surface area contributed by atoms with Crippen LogP contribution in [0.5, 0.6) is 0 Å². The first kappa shape index (κ1) is 15.5. The Kier molecular flexibility index (Phi) is 4.49. The van der Waals surface area contributed by atoms with Crippen molar-refractivity contribution in [3.05, 3.63) is 16.8 Å². The SMILES string of the molecule is CC1CCCN1C1CCN(c2nnc(Cl)cc2C(N)=O)CC1. The van der Waals surface area contributed by atoms with E-state index in [-0.39, 0.29) is 5.15 Å². The number of hydrogen-bond acceptors (Lipinski definition) is 5. The van der Waals surface area contributed by atoms with Crippen molar-refractivity contribution in [1.82, 2.24) is 15.1 Å². The minimum Gasteiger partial charge on any atom is -0.365 e. The predicted octanol–water partition coefficient (Wildman–Crippen LogP) is 1.68. The molecular formula is C15H22ClN5O. The van der Waals surface area contributed by atoms with Gasteiger partial charge >= 0.3 is 0 Å². The lowest BCUT2D eigenvalue weighted by Gasteiger charge is -2.39. The number of hydrogen-bond donors (Lipinski definition) is 1. The fourth-order valence-corrected chi connectivity index (χ4v) is 3.83. The highest BCUT2D eigenvalue weighted by molar-refractivity contribution is 6.29. The first-order valence-electron chi connectivity index (χ1n) is 7.90. The first-order valence-corrected chi connectivity index (χ1v) is 8.28. The van der Waals surface area contributed by atoms with Crippen LogP contribution >= 0.6 is 11.6 Å². The zero-order valence-electron chi connectivity index (χ0n) is 12.8. The van der Waals surface area contributed by atoms with Crippen molar-refractivity contribution in [1.29, 1.82) is 0 Å². The molecule has 0 radical (unpaired) electrons. The number of carbonyl (C=O) groups is 1. The molecule has 1 unspecified atom stereocenters. The van der Waals surface area contributed by atoms with Crippen LogP contribution in [0.15, 0.2) is 6.07 Å². The molecule has 120 valence electrons. The minimum atomic E-state index is -0.512. The van der Waals surface area contributed by atoms with E-state index in [4.69, 9.17) is 17.3 Å². The van der Waals surface area contributed by atoms with E-state index in [0.717, 1.165) is 25.9 Å². The molecule has 1 amide bonds. The largest absolute Gasteiger partial charge is 0.365 e. The van der Waals surface area contributed by atoms with E-state index >= 15 is 0 Å². The zero-order valence-corrected chi connectivity index (χ0v) is 13.6. The smallest absolute Gasteiger partial charge is 0.252 e. The Bertz CT molecular complexity index is 559. The number of nitrogens with two attached hydrogens (primary N) is 1. The van der Waals surface area contributed by atoms with Crippen LogP contribution in [0, 0.1) is 0 Å². The van der Waals surface area contributed by atoms with Gasteiger partial charge in [-0.25, -0.2) is 0 Å². The predicted molar refractivity (Wildman–Crippen MR) is 86.2 cm³/mol. The molecule has 0 spiro atoms. The first-order chi connectivity index (χ1) is 10.6. The number of anilines is 1. The summed E-state index contributed by atoms with van der Waals surface area (Å²) in [6.45, 7) is 5.25. The fourth-order valence-electron chi connectivity index (χ4n) is 3.68. The molecule has 3 rings (SSSR count). The molecule has 2 aliphatic heterocycles. The number of nitrogens with zero attached hydrogens (tertiary/aromatic N) is 4. The summed E-state index contributed by atoms with van der Waals surface area (Å²) in [4.78, 5) is 16.3. The molecule has 2 saturated heterocycles. The van der Waals surface area contributed by atoms with Crippen molar-refractivity contribution >= 4 is 23.3 Å². The summed E-state index contributed by atoms with van der Waals surface area (Å²) >= 11 is 5.82. The summed E-state index contributed by atoms with van der Waals surface area (Å²) in [5, 5.41) is 8.14. The second-order valence-electron chi connectivity index (χ2n) is 6.22. The maximum Gasteiger partial charge on any atom is 0.252 e. The number of primary amides is 1. The molecule has 1 atom stereocenters. The van der Waals surface area contributed by atoms with Crippen LogP contribution in [0.3, 0.4) is 0 Å². The van der Waals surface area contributed by atoms with Gasteiger partial charge in [0.05, 0.1) is 5.56 Å². The molecule has 22 heavy (non-hydrogen) atoms. The molecule has 0 aliphatic carbocycles. The van der Waals surface area contributed by atoms with Crippen LogP contribution < -0.4 is 10.6 Å². The molecule has 7 heteroatoms.